The Morgan fingerprint density at radius 1 is 1.17 bits per heavy atom. The fourth-order valence-electron chi connectivity index (χ4n) is 2.91. The van der Waals surface area contributed by atoms with Crippen LogP contribution in [0.15, 0.2) is 22.7 Å². The number of nitrogens with zero attached hydrogens (tertiary/aromatic N) is 1. The lowest BCUT2D eigenvalue weighted by Gasteiger charge is -2.35. The highest BCUT2D eigenvalue weighted by atomic mass is 79.9. The van der Waals surface area contributed by atoms with Gasteiger partial charge in [0.15, 0.2) is 0 Å². The molecule has 1 aromatic rings. The van der Waals surface area contributed by atoms with Gasteiger partial charge in [-0.25, -0.2) is 0 Å². The maximum Gasteiger partial charge on any atom is 0.135 e. The third-order valence-electron chi connectivity index (χ3n) is 4.05. The van der Waals surface area contributed by atoms with Gasteiger partial charge in [0.1, 0.15) is 5.78 Å². The van der Waals surface area contributed by atoms with Gasteiger partial charge in [-0.15, -0.1) is 0 Å². The van der Waals surface area contributed by atoms with Gasteiger partial charge in [0.2, 0.25) is 0 Å². The number of hydrogen-bond acceptors (Lipinski definition) is 2. The summed E-state index contributed by atoms with van der Waals surface area (Å²) in [6.45, 7) is 1.78. The summed E-state index contributed by atoms with van der Waals surface area (Å²) in [6, 6.07) is 6.14. The molecule has 0 radical (unpaired) electrons. The molecule has 0 aromatic heterocycles. The SMILES string of the molecule is O=C1CCN(C2(c3cc(Cl)cc(Br)c3)CC2)CC1. The third kappa shape index (κ3) is 2.24. The van der Waals surface area contributed by atoms with Crippen molar-refractivity contribution in [3.8, 4) is 0 Å². The van der Waals surface area contributed by atoms with Gasteiger partial charge in [0.25, 0.3) is 0 Å². The quantitative estimate of drug-likeness (QED) is 0.824. The molecule has 96 valence electrons. The summed E-state index contributed by atoms with van der Waals surface area (Å²) in [4.78, 5) is 13.8. The maximum absolute atomic E-state index is 11.3. The Balaban J connectivity index is 1.88. The number of ketones is 1. The van der Waals surface area contributed by atoms with Crippen molar-refractivity contribution in [3.05, 3.63) is 33.3 Å². The summed E-state index contributed by atoms with van der Waals surface area (Å²) in [5.41, 5.74) is 1.44. The Morgan fingerprint density at radius 3 is 2.39 bits per heavy atom. The van der Waals surface area contributed by atoms with Crippen molar-refractivity contribution in [1.29, 1.82) is 0 Å². The Kier molecular flexibility index (Phi) is 3.25. The van der Waals surface area contributed by atoms with Crippen molar-refractivity contribution in [2.24, 2.45) is 0 Å². The van der Waals surface area contributed by atoms with Gasteiger partial charge in [0, 0.05) is 41.0 Å². The average Bonchev–Trinajstić information content (AvgIpc) is 3.10. The fourth-order valence-corrected chi connectivity index (χ4v) is 3.77. The summed E-state index contributed by atoms with van der Waals surface area (Å²) < 4.78 is 1.03. The molecule has 1 saturated carbocycles. The molecule has 0 unspecified atom stereocenters. The van der Waals surface area contributed by atoms with Crippen molar-refractivity contribution in [1.82, 2.24) is 4.90 Å². The highest BCUT2D eigenvalue weighted by molar-refractivity contribution is 9.10. The van der Waals surface area contributed by atoms with Crippen LogP contribution in [-0.4, -0.2) is 23.8 Å². The van der Waals surface area contributed by atoms with Gasteiger partial charge in [-0.05, 0) is 36.6 Å². The Hall–Kier alpha value is -0.380. The van der Waals surface area contributed by atoms with E-state index in [0.717, 1.165) is 22.6 Å². The zero-order valence-electron chi connectivity index (χ0n) is 10.1. The molecule has 2 nitrogen and oxygen atoms in total. The topological polar surface area (TPSA) is 20.3 Å². The summed E-state index contributed by atoms with van der Waals surface area (Å²) in [6.07, 6.45) is 3.74. The largest absolute Gasteiger partial charge is 0.300 e. The standard InChI is InChI=1S/C14H15BrClNO/c15-11-7-10(8-12(16)9-11)14(3-4-14)17-5-1-13(18)2-6-17/h7-9H,1-6H2. The average molecular weight is 329 g/mol. The van der Waals surface area contributed by atoms with Crippen LogP contribution in [0.3, 0.4) is 0 Å². The number of piperidine rings is 1. The van der Waals surface area contributed by atoms with Crippen LogP contribution in [0.5, 0.6) is 0 Å². The Bertz CT molecular complexity index is 468. The van der Waals surface area contributed by atoms with E-state index in [0.29, 0.717) is 18.6 Å². The molecular weight excluding hydrogens is 314 g/mol. The van der Waals surface area contributed by atoms with Crippen molar-refractivity contribution >= 4 is 33.3 Å². The van der Waals surface area contributed by atoms with Crippen molar-refractivity contribution in [2.45, 2.75) is 31.2 Å². The van der Waals surface area contributed by atoms with Crippen LogP contribution in [0.25, 0.3) is 0 Å². The van der Waals surface area contributed by atoms with Crippen LogP contribution >= 0.6 is 27.5 Å². The molecule has 0 N–H and O–H groups in total. The van der Waals surface area contributed by atoms with E-state index in [4.69, 9.17) is 11.6 Å². The van der Waals surface area contributed by atoms with E-state index in [1.807, 2.05) is 6.07 Å². The molecule has 2 aliphatic rings. The molecule has 3 rings (SSSR count). The Morgan fingerprint density at radius 2 is 1.83 bits per heavy atom. The summed E-state index contributed by atoms with van der Waals surface area (Å²) in [5.74, 6) is 0.398. The second kappa shape index (κ2) is 4.62. The van der Waals surface area contributed by atoms with Crippen LogP contribution in [0.1, 0.15) is 31.2 Å². The van der Waals surface area contributed by atoms with E-state index in [-0.39, 0.29) is 5.54 Å². The minimum atomic E-state index is 0.147. The summed E-state index contributed by atoms with van der Waals surface area (Å²) in [7, 11) is 0. The van der Waals surface area contributed by atoms with Gasteiger partial charge in [-0.1, -0.05) is 27.5 Å². The first-order valence-electron chi connectivity index (χ1n) is 6.33. The first kappa shape index (κ1) is 12.6. The van der Waals surface area contributed by atoms with Crippen LogP contribution in [0, 0.1) is 0 Å². The molecule has 0 atom stereocenters. The van der Waals surface area contributed by atoms with Crippen molar-refractivity contribution in [3.63, 3.8) is 0 Å². The lowest BCUT2D eigenvalue weighted by atomic mass is 9.99. The van der Waals surface area contributed by atoms with Crippen LogP contribution in [0.4, 0.5) is 0 Å². The molecule has 1 aliphatic heterocycles. The number of hydrogen-bond donors (Lipinski definition) is 0. The van der Waals surface area contributed by atoms with E-state index in [1.165, 1.54) is 18.4 Å². The number of Topliss-reactive ketones (excluding diaryl/α,β-unsaturated/α-hetero) is 1. The molecule has 2 fully saturated rings. The smallest absolute Gasteiger partial charge is 0.135 e. The summed E-state index contributed by atoms with van der Waals surface area (Å²) >= 11 is 9.65. The summed E-state index contributed by atoms with van der Waals surface area (Å²) in [5, 5.41) is 0.777. The second-order valence-corrected chi connectivity index (χ2v) is 6.57. The second-order valence-electron chi connectivity index (χ2n) is 5.22. The third-order valence-corrected chi connectivity index (χ3v) is 4.73. The van der Waals surface area contributed by atoms with Gasteiger partial charge in [-0.3, -0.25) is 9.69 Å². The van der Waals surface area contributed by atoms with Crippen LogP contribution in [0.2, 0.25) is 5.02 Å². The molecule has 1 aromatic carbocycles. The predicted octanol–water partition coefficient (Wildman–Crippen LogP) is 3.76. The van der Waals surface area contributed by atoms with Crippen molar-refractivity contribution in [2.75, 3.05) is 13.1 Å². The molecule has 18 heavy (non-hydrogen) atoms. The minimum Gasteiger partial charge on any atom is -0.300 e. The van der Waals surface area contributed by atoms with Gasteiger partial charge in [-0.2, -0.15) is 0 Å². The number of likely N-dealkylation sites (tertiary alicyclic amines) is 1. The molecule has 4 heteroatoms. The van der Waals surface area contributed by atoms with Gasteiger partial charge in [0.05, 0.1) is 0 Å². The number of carbonyl (C=O) groups is 1. The van der Waals surface area contributed by atoms with Crippen molar-refractivity contribution < 1.29 is 4.79 Å². The lowest BCUT2D eigenvalue weighted by Crippen LogP contribution is -2.41. The van der Waals surface area contributed by atoms with Gasteiger partial charge < -0.3 is 0 Å². The highest BCUT2D eigenvalue weighted by Gasteiger charge is 2.50. The molecular formula is C14H15BrClNO. The first-order valence-corrected chi connectivity index (χ1v) is 7.51. The highest BCUT2D eigenvalue weighted by Crippen LogP contribution is 2.52. The number of carbonyl (C=O) groups excluding carboxylic acids is 1. The normalized spacial score (nSPS) is 23.1. The molecule has 0 amide bonds. The van der Waals surface area contributed by atoms with E-state index >= 15 is 0 Å². The molecule has 0 bridgehead atoms. The van der Waals surface area contributed by atoms with E-state index < -0.39 is 0 Å². The first-order chi connectivity index (χ1) is 8.60. The minimum absolute atomic E-state index is 0.147. The maximum atomic E-state index is 11.3. The lowest BCUT2D eigenvalue weighted by molar-refractivity contribution is -0.122. The molecule has 1 heterocycles. The number of benzene rings is 1. The molecule has 1 aliphatic carbocycles. The fraction of sp³-hybridized carbons (Fsp3) is 0.500. The van der Waals surface area contributed by atoms with Crippen LogP contribution < -0.4 is 0 Å². The van der Waals surface area contributed by atoms with E-state index in [9.17, 15) is 4.79 Å². The zero-order valence-corrected chi connectivity index (χ0v) is 12.4. The number of rotatable bonds is 2. The van der Waals surface area contributed by atoms with E-state index in [2.05, 4.69) is 33.0 Å². The Labute approximate surface area is 120 Å². The van der Waals surface area contributed by atoms with Crippen LogP contribution in [-0.2, 0) is 10.3 Å². The monoisotopic (exact) mass is 327 g/mol. The molecule has 1 saturated heterocycles. The number of halogens is 2. The predicted molar refractivity (Wildman–Crippen MR) is 75.9 cm³/mol. The molecule has 0 spiro atoms. The van der Waals surface area contributed by atoms with E-state index in [1.54, 1.807) is 0 Å². The van der Waals surface area contributed by atoms with Gasteiger partial charge >= 0.3 is 0 Å². The zero-order chi connectivity index (χ0) is 12.8.